The Balaban J connectivity index is 1.87. The summed E-state index contributed by atoms with van der Waals surface area (Å²) in [6.07, 6.45) is -1.21. The molecular formula is C17H16F3N3O4S. The highest BCUT2D eigenvalue weighted by atomic mass is 32.1. The van der Waals surface area contributed by atoms with Crippen molar-refractivity contribution in [3.8, 4) is 0 Å². The van der Waals surface area contributed by atoms with Gasteiger partial charge in [-0.05, 0) is 32.9 Å². The highest BCUT2D eigenvalue weighted by Gasteiger charge is 2.23. The zero-order valence-electron chi connectivity index (χ0n) is 15.1. The molecule has 2 amide bonds. The zero-order valence-corrected chi connectivity index (χ0v) is 15.9. The van der Waals surface area contributed by atoms with E-state index in [0.29, 0.717) is 16.8 Å². The van der Waals surface area contributed by atoms with Crippen LogP contribution in [0.25, 0.3) is 0 Å². The molecule has 0 spiro atoms. The van der Waals surface area contributed by atoms with Gasteiger partial charge < -0.3 is 15.4 Å². The van der Waals surface area contributed by atoms with Gasteiger partial charge in [0.2, 0.25) is 5.91 Å². The number of nitrogens with one attached hydrogen (secondary N) is 2. The summed E-state index contributed by atoms with van der Waals surface area (Å²) in [7, 11) is 0. The summed E-state index contributed by atoms with van der Waals surface area (Å²) in [6, 6.07) is 1.49. The monoisotopic (exact) mass is 415 g/mol. The molecule has 1 heterocycles. The van der Waals surface area contributed by atoms with Crippen LogP contribution in [0.3, 0.4) is 0 Å². The van der Waals surface area contributed by atoms with Crippen molar-refractivity contribution in [3.63, 3.8) is 0 Å². The summed E-state index contributed by atoms with van der Waals surface area (Å²) < 4.78 is 44.5. The van der Waals surface area contributed by atoms with E-state index in [0.717, 1.165) is 17.4 Å². The van der Waals surface area contributed by atoms with Crippen molar-refractivity contribution in [3.05, 3.63) is 45.2 Å². The Morgan fingerprint density at radius 1 is 1.18 bits per heavy atom. The SMILES string of the molecule is Cc1nc(C)c(C(=O)OC(C)C(=O)NCC(=O)Nc2ccc(F)c(F)c2F)s1. The summed E-state index contributed by atoms with van der Waals surface area (Å²) >= 11 is 1.12. The summed E-state index contributed by atoms with van der Waals surface area (Å²) in [5.74, 6) is -7.06. The third-order valence-corrected chi connectivity index (χ3v) is 4.53. The molecule has 28 heavy (non-hydrogen) atoms. The van der Waals surface area contributed by atoms with Gasteiger partial charge in [0.15, 0.2) is 23.6 Å². The van der Waals surface area contributed by atoms with Gasteiger partial charge in [0.1, 0.15) is 4.88 Å². The number of amides is 2. The number of hydrogen-bond donors (Lipinski definition) is 2. The number of aryl methyl sites for hydroxylation is 2. The number of nitrogens with zero attached hydrogens (tertiary/aromatic N) is 1. The van der Waals surface area contributed by atoms with Crippen LogP contribution in [-0.4, -0.2) is 35.4 Å². The molecular weight excluding hydrogens is 399 g/mol. The number of carbonyl (C=O) groups excluding carboxylic acids is 3. The van der Waals surface area contributed by atoms with Gasteiger partial charge in [-0.25, -0.2) is 22.9 Å². The molecule has 0 bridgehead atoms. The van der Waals surface area contributed by atoms with E-state index in [9.17, 15) is 27.6 Å². The van der Waals surface area contributed by atoms with E-state index in [1.165, 1.54) is 6.92 Å². The molecule has 7 nitrogen and oxygen atoms in total. The number of benzene rings is 1. The van der Waals surface area contributed by atoms with E-state index in [1.807, 2.05) is 5.32 Å². The van der Waals surface area contributed by atoms with Crippen LogP contribution in [0.5, 0.6) is 0 Å². The van der Waals surface area contributed by atoms with Crippen LogP contribution in [0.1, 0.15) is 27.3 Å². The second-order valence-electron chi connectivity index (χ2n) is 5.68. The molecule has 0 saturated carbocycles. The Bertz CT molecular complexity index is 933. The normalized spacial score (nSPS) is 11.6. The van der Waals surface area contributed by atoms with Crippen molar-refractivity contribution in [1.82, 2.24) is 10.3 Å². The quantitative estimate of drug-likeness (QED) is 0.558. The van der Waals surface area contributed by atoms with E-state index < -0.39 is 53.6 Å². The van der Waals surface area contributed by atoms with Crippen molar-refractivity contribution < 1.29 is 32.3 Å². The number of carbonyl (C=O) groups is 3. The third-order valence-electron chi connectivity index (χ3n) is 3.47. The topological polar surface area (TPSA) is 97.4 Å². The lowest BCUT2D eigenvalue weighted by molar-refractivity contribution is -0.130. The van der Waals surface area contributed by atoms with E-state index in [4.69, 9.17) is 4.74 Å². The van der Waals surface area contributed by atoms with Crippen LogP contribution < -0.4 is 10.6 Å². The minimum atomic E-state index is -1.73. The lowest BCUT2D eigenvalue weighted by atomic mass is 10.2. The van der Waals surface area contributed by atoms with Gasteiger partial charge in [0.05, 0.1) is 22.9 Å². The maximum Gasteiger partial charge on any atom is 0.351 e. The Morgan fingerprint density at radius 3 is 2.46 bits per heavy atom. The van der Waals surface area contributed by atoms with Gasteiger partial charge in [0, 0.05) is 0 Å². The van der Waals surface area contributed by atoms with Crippen LogP contribution in [0.15, 0.2) is 12.1 Å². The molecule has 1 aromatic carbocycles. The average Bonchev–Trinajstić information content (AvgIpc) is 2.98. The average molecular weight is 415 g/mol. The lowest BCUT2D eigenvalue weighted by Crippen LogP contribution is -2.40. The van der Waals surface area contributed by atoms with E-state index in [-0.39, 0.29) is 4.88 Å². The molecule has 0 aliphatic carbocycles. The second-order valence-corrected chi connectivity index (χ2v) is 6.89. The molecule has 0 radical (unpaired) electrons. The van der Waals surface area contributed by atoms with Crippen LogP contribution in [0, 0.1) is 31.3 Å². The first-order valence-electron chi connectivity index (χ1n) is 7.96. The molecule has 0 fully saturated rings. The molecule has 0 aliphatic heterocycles. The van der Waals surface area contributed by atoms with Gasteiger partial charge in [-0.3, -0.25) is 9.59 Å². The molecule has 150 valence electrons. The number of rotatable bonds is 6. The largest absolute Gasteiger partial charge is 0.448 e. The fourth-order valence-corrected chi connectivity index (χ4v) is 2.92. The summed E-state index contributed by atoms with van der Waals surface area (Å²) in [5.41, 5.74) is -0.0956. The molecule has 1 aromatic heterocycles. The van der Waals surface area contributed by atoms with Crippen molar-refractivity contribution in [2.45, 2.75) is 26.9 Å². The molecule has 0 aliphatic rings. The maximum absolute atomic E-state index is 13.5. The highest BCUT2D eigenvalue weighted by Crippen LogP contribution is 2.20. The van der Waals surface area contributed by atoms with E-state index in [2.05, 4.69) is 10.3 Å². The van der Waals surface area contributed by atoms with Gasteiger partial charge in [-0.2, -0.15) is 0 Å². The predicted octanol–water partition coefficient (Wildman–Crippen LogP) is 2.48. The number of anilines is 1. The zero-order chi connectivity index (χ0) is 21.0. The first-order valence-corrected chi connectivity index (χ1v) is 8.77. The fraction of sp³-hybridized carbons (Fsp3) is 0.294. The van der Waals surface area contributed by atoms with Crippen molar-refractivity contribution in [2.75, 3.05) is 11.9 Å². The van der Waals surface area contributed by atoms with Crippen molar-refractivity contribution >= 4 is 34.8 Å². The number of thiazole rings is 1. The Hall–Kier alpha value is -2.95. The molecule has 2 aromatic rings. The van der Waals surface area contributed by atoms with Crippen molar-refractivity contribution in [1.29, 1.82) is 0 Å². The molecule has 2 rings (SSSR count). The van der Waals surface area contributed by atoms with E-state index >= 15 is 0 Å². The Kier molecular flexibility index (Phi) is 6.73. The molecule has 1 unspecified atom stereocenters. The van der Waals surface area contributed by atoms with Gasteiger partial charge in [-0.1, -0.05) is 0 Å². The molecule has 0 saturated heterocycles. The first-order chi connectivity index (χ1) is 13.1. The van der Waals surface area contributed by atoms with Crippen LogP contribution in [0.2, 0.25) is 0 Å². The smallest absolute Gasteiger partial charge is 0.351 e. The molecule has 2 N–H and O–H groups in total. The lowest BCUT2D eigenvalue weighted by Gasteiger charge is -2.13. The van der Waals surface area contributed by atoms with Crippen LogP contribution >= 0.6 is 11.3 Å². The molecule has 11 heteroatoms. The van der Waals surface area contributed by atoms with E-state index in [1.54, 1.807) is 13.8 Å². The highest BCUT2D eigenvalue weighted by molar-refractivity contribution is 7.13. The van der Waals surface area contributed by atoms with Crippen LogP contribution in [-0.2, 0) is 14.3 Å². The summed E-state index contributed by atoms with van der Waals surface area (Å²) in [4.78, 5) is 40.1. The maximum atomic E-state index is 13.5. The Labute approximate surface area is 161 Å². The Morgan fingerprint density at radius 2 is 1.86 bits per heavy atom. The third kappa shape index (κ3) is 5.06. The number of hydrogen-bond acceptors (Lipinski definition) is 6. The van der Waals surface area contributed by atoms with Crippen molar-refractivity contribution in [2.24, 2.45) is 0 Å². The number of esters is 1. The first kappa shape index (κ1) is 21.4. The second kappa shape index (κ2) is 8.83. The van der Waals surface area contributed by atoms with Gasteiger partial charge >= 0.3 is 5.97 Å². The van der Waals surface area contributed by atoms with Gasteiger partial charge in [-0.15, -0.1) is 11.3 Å². The molecule has 1 atom stereocenters. The standard InChI is InChI=1S/C17H16F3N3O4S/c1-7-15(28-9(3)22-7)17(26)27-8(2)16(25)21-6-12(24)23-11-5-4-10(18)13(19)14(11)20/h4-5,8H,6H2,1-3H3,(H,21,25)(H,23,24). The fourth-order valence-electron chi connectivity index (χ4n) is 2.12. The van der Waals surface area contributed by atoms with Crippen LogP contribution in [0.4, 0.5) is 18.9 Å². The number of ether oxygens (including phenoxy) is 1. The minimum absolute atomic E-state index is 0.267. The minimum Gasteiger partial charge on any atom is -0.448 e. The summed E-state index contributed by atoms with van der Waals surface area (Å²) in [5, 5.41) is 4.86. The number of aromatic nitrogens is 1. The predicted molar refractivity (Wildman–Crippen MR) is 94.4 cm³/mol. The van der Waals surface area contributed by atoms with Gasteiger partial charge in [0.25, 0.3) is 5.91 Å². The summed E-state index contributed by atoms with van der Waals surface area (Å²) in [6.45, 7) is 4.06. The number of halogens is 3.